The minimum Gasteiger partial charge on any atom is -0.347 e. The van der Waals surface area contributed by atoms with Gasteiger partial charge in [-0.25, -0.2) is 9.97 Å². The molecule has 2 bridgehead atoms. The molecule has 0 unspecified atom stereocenters. The number of hydrogen-bond acceptors (Lipinski definition) is 3. The highest BCUT2D eigenvalue weighted by Crippen LogP contribution is 2.56. The Hall–Kier alpha value is -2.38. The molecule has 2 saturated heterocycles. The van der Waals surface area contributed by atoms with Crippen LogP contribution in [0.2, 0.25) is 0 Å². The molecule has 1 aliphatic carbocycles. The summed E-state index contributed by atoms with van der Waals surface area (Å²) >= 11 is 0. The average molecular weight is 336 g/mol. The fourth-order valence-electron chi connectivity index (χ4n) is 3.85. The molecule has 0 spiro atoms. The molecular formula is C16H15F3N4O. The zero-order valence-corrected chi connectivity index (χ0v) is 12.7. The lowest BCUT2D eigenvalue weighted by Crippen LogP contribution is -2.47. The second-order valence-corrected chi connectivity index (χ2v) is 6.44. The smallest absolute Gasteiger partial charge is 0.347 e. The van der Waals surface area contributed by atoms with Crippen molar-refractivity contribution in [2.45, 2.75) is 31.0 Å². The van der Waals surface area contributed by atoms with Gasteiger partial charge in [0.05, 0.1) is 12.1 Å². The number of nitrogens with one attached hydrogen (secondary N) is 1. The van der Waals surface area contributed by atoms with Gasteiger partial charge in [0.15, 0.2) is 0 Å². The molecule has 2 aromatic heterocycles. The zero-order valence-electron chi connectivity index (χ0n) is 12.7. The van der Waals surface area contributed by atoms with Crippen LogP contribution in [-0.2, 0) is 22.9 Å². The molecule has 126 valence electrons. The SMILES string of the molecule is O=C(Cc1cccc(C(F)(F)F)n1)N1CC2CC1(c1ncc[nH]1)C2. The second kappa shape index (κ2) is 5.06. The summed E-state index contributed by atoms with van der Waals surface area (Å²) in [6.45, 7) is 0.624. The third-order valence-corrected chi connectivity index (χ3v) is 4.88. The van der Waals surface area contributed by atoms with Gasteiger partial charge in [-0.15, -0.1) is 0 Å². The molecule has 8 heteroatoms. The van der Waals surface area contributed by atoms with E-state index < -0.39 is 17.4 Å². The van der Waals surface area contributed by atoms with E-state index in [2.05, 4.69) is 15.0 Å². The second-order valence-electron chi connectivity index (χ2n) is 6.44. The standard InChI is InChI=1S/C16H15F3N4O/c17-16(18,19)12-3-1-2-11(22-12)6-13(24)23-9-10-7-15(23,8-10)14-20-4-5-21-14/h1-5,10H,6-9H2,(H,20,21). The first-order valence-corrected chi connectivity index (χ1v) is 7.72. The van der Waals surface area contributed by atoms with Crippen molar-refractivity contribution in [3.8, 4) is 0 Å². The van der Waals surface area contributed by atoms with Crippen LogP contribution in [-0.4, -0.2) is 32.3 Å². The van der Waals surface area contributed by atoms with E-state index in [0.717, 1.165) is 24.7 Å². The lowest BCUT2D eigenvalue weighted by molar-refractivity contribution is -0.141. The van der Waals surface area contributed by atoms with Crippen molar-refractivity contribution in [3.63, 3.8) is 0 Å². The number of rotatable bonds is 3. The summed E-state index contributed by atoms with van der Waals surface area (Å²) < 4.78 is 38.3. The first-order valence-electron chi connectivity index (χ1n) is 7.72. The van der Waals surface area contributed by atoms with Gasteiger partial charge in [-0.2, -0.15) is 13.2 Å². The molecule has 1 amide bonds. The summed E-state index contributed by atoms with van der Waals surface area (Å²) in [6, 6.07) is 3.64. The highest BCUT2D eigenvalue weighted by Gasteiger charge is 2.60. The van der Waals surface area contributed by atoms with Gasteiger partial charge in [0.25, 0.3) is 0 Å². The number of nitrogens with zero attached hydrogens (tertiary/aromatic N) is 3. The fourth-order valence-corrected chi connectivity index (χ4v) is 3.85. The number of fused-ring (bicyclic) bond motifs is 1. The molecule has 2 aromatic rings. The van der Waals surface area contributed by atoms with Gasteiger partial charge in [0.1, 0.15) is 17.1 Å². The number of amides is 1. The maximum atomic E-state index is 12.8. The quantitative estimate of drug-likeness (QED) is 0.937. The third-order valence-electron chi connectivity index (χ3n) is 4.88. The number of H-pyrrole nitrogens is 1. The Kier molecular flexibility index (Phi) is 3.20. The molecule has 3 fully saturated rings. The summed E-state index contributed by atoms with van der Waals surface area (Å²) in [5.74, 6) is 0.980. The van der Waals surface area contributed by atoms with Crippen LogP contribution >= 0.6 is 0 Å². The van der Waals surface area contributed by atoms with Crippen molar-refractivity contribution in [3.05, 3.63) is 47.8 Å². The summed E-state index contributed by atoms with van der Waals surface area (Å²) in [5, 5.41) is 0. The van der Waals surface area contributed by atoms with Gasteiger partial charge in [-0.05, 0) is 30.9 Å². The number of carbonyl (C=O) groups is 1. The molecular weight excluding hydrogens is 321 g/mol. The number of hydrogen-bond donors (Lipinski definition) is 1. The molecule has 5 rings (SSSR count). The number of pyridine rings is 1. The van der Waals surface area contributed by atoms with E-state index in [1.807, 2.05) is 0 Å². The molecule has 1 saturated carbocycles. The van der Waals surface area contributed by atoms with E-state index in [-0.39, 0.29) is 18.0 Å². The molecule has 0 radical (unpaired) electrons. The van der Waals surface area contributed by atoms with E-state index in [9.17, 15) is 18.0 Å². The van der Waals surface area contributed by atoms with E-state index >= 15 is 0 Å². The Morgan fingerprint density at radius 1 is 1.38 bits per heavy atom. The summed E-state index contributed by atoms with van der Waals surface area (Å²) in [4.78, 5) is 25.4. The van der Waals surface area contributed by atoms with Crippen molar-refractivity contribution < 1.29 is 18.0 Å². The Morgan fingerprint density at radius 3 is 2.83 bits per heavy atom. The Labute approximate surface area is 135 Å². The van der Waals surface area contributed by atoms with Crippen LogP contribution in [0.4, 0.5) is 13.2 Å². The van der Waals surface area contributed by atoms with Gasteiger partial charge in [-0.3, -0.25) is 4.79 Å². The number of carbonyl (C=O) groups excluding carboxylic acids is 1. The van der Waals surface area contributed by atoms with Crippen LogP contribution in [0, 0.1) is 5.92 Å². The highest BCUT2D eigenvalue weighted by atomic mass is 19.4. The van der Waals surface area contributed by atoms with Crippen molar-refractivity contribution >= 4 is 5.91 Å². The van der Waals surface area contributed by atoms with E-state index in [1.54, 1.807) is 17.3 Å². The monoisotopic (exact) mass is 336 g/mol. The number of imidazole rings is 1. The molecule has 5 nitrogen and oxygen atoms in total. The Balaban J connectivity index is 1.55. The van der Waals surface area contributed by atoms with Crippen LogP contribution in [0.1, 0.15) is 30.1 Å². The Bertz CT molecular complexity index is 766. The number of aromatic amines is 1. The lowest BCUT2D eigenvalue weighted by atomic mass is 9.72. The first-order chi connectivity index (χ1) is 11.4. The number of aromatic nitrogens is 3. The van der Waals surface area contributed by atoms with Crippen LogP contribution < -0.4 is 0 Å². The minimum absolute atomic E-state index is 0.133. The molecule has 1 N–H and O–H groups in total. The number of halogens is 3. The summed E-state index contributed by atoms with van der Waals surface area (Å²) in [6.07, 6.45) is 0.410. The third kappa shape index (κ3) is 2.28. The molecule has 0 atom stereocenters. The van der Waals surface area contributed by atoms with Crippen molar-refractivity contribution in [1.29, 1.82) is 0 Å². The normalized spacial score (nSPS) is 25.6. The topological polar surface area (TPSA) is 61.9 Å². The molecule has 2 aliphatic heterocycles. The predicted octanol–water partition coefficient (Wildman–Crippen LogP) is 2.51. The van der Waals surface area contributed by atoms with Gasteiger partial charge in [-0.1, -0.05) is 6.07 Å². The van der Waals surface area contributed by atoms with Gasteiger partial charge in [0, 0.05) is 18.9 Å². The van der Waals surface area contributed by atoms with Crippen molar-refractivity contribution in [1.82, 2.24) is 19.9 Å². The van der Waals surface area contributed by atoms with E-state index in [1.165, 1.54) is 12.1 Å². The fraction of sp³-hybridized carbons (Fsp3) is 0.438. The molecule has 4 heterocycles. The van der Waals surface area contributed by atoms with Crippen LogP contribution in [0.5, 0.6) is 0 Å². The van der Waals surface area contributed by atoms with Gasteiger partial charge in [0.2, 0.25) is 5.91 Å². The van der Waals surface area contributed by atoms with Crippen molar-refractivity contribution in [2.24, 2.45) is 5.92 Å². The zero-order chi connectivity index (χ0) is 16.9. The van der Waals surface area contributed by atoms with Crippen LogP contribution in [0.25, 0.3) is 0 Å². The molecule has 24 heavy (non-hydrogen) atoms. The van der Waals surface area contributed by atoms with Gasteiger partial charge < -0.3 is 9.88 Å². The van der Waals surface area contributed by atoms with Crippen molar-refractivity contribution in [2.75, 3.05) is 6.54 Å². The van der Waals surface area contributed by atoms with E-state index in [4.69, 9.17) is 0 Å². The maximum absolute atomic E-state index is 12.8. The summed E-state index contributed by atoms with van der Waals surface area (Å²) in [7, 11) is 0. The highest BCUT2D eigenvalue weighted by molar-refractivity contribution is 5.80. The molecule has 3 aliphatic rings. The maximum Gasteiger partial charge on any atom is 0.433 e. The van der Waals surface area contributed by atoms with Gasteiger partial charge >= 0.3 is 6.18 Å². The van der Waals surface area contributed by atoms with Crippen LogP contribution in [0.3, 0.4) is 0 Å². The largest absolute Gasteiger partial charge is 0.433 e. The molecule has 0 aromatic carbocycles. The Morgan fingerprint density at radius 2 is 2.17 bits per heavy atom. The first kappa shape index (κ1) is 15.2. The van der Waals surface area contributed by atoms with Crippen LogP contribution in [0.15, 0.2) is 30.6 Å². The number of alkyl halides is 3. The average Bonchev–Trinajstić information content (AvgIpc) is 3.20. The van der Waals surface area contributed by atoms with E-state index in [0.29, 0.717) is 12.5 Å². The summed E-state index contributed by atoms with van der Waals surface area (Å²) in [5.41, 5.74) is -1.26. The lowest BCUT2D eigenvalue weighted by Gasteiger charge is -2.40. The predicted molar refractivity (Wildman–Crippen MR) is 77.6 cm³/mol. The minimum atomic E-state index is -4.51.